The highest BCUT2D eigenvalue weighted by atomic mass is 32.2. The number of benzene rings is 8. The molecule has 288 valence electrons. The molecule has 1 unspecified atom stereocenters. The summed E-state index contributed by atoms with van der Waals surface area (Å²) in [6, 6.07) is 62.0. The van der Waals surface area contributed by atoms with Crippen LogP contribution in [0.15, 0.2) is 188 Å². The van der Waals surface area contributed by atoms with Crippen LogP contribution >= 0.6 is 11.8 Å². The van der Waals surface area contributed by atoms with E-state index in [1.54, 1.807) is 12.1 Å². The minimum atomic E-state index is 0.226. The van der Waals surface area contributed by atoms with Crippen LogP contribution in [0, 0.1) is 32.6 Å². The summed E-state index contributed by atoms with van der Waals surface area (Å²) in [5.41, 5.74) is 12.8. The second kappa shape index (κ2) is 17.7. The average molecular weight is 784 g/mol. The van der Waals surface area contributed by atoms with Gasteiger partial charge >= 0.3 is 0 Å². The lowest BCUT2D eigenvalue weighted by molar-refractivity contribution is 0.474. The monoisotopic (exact) mass is 783 g/mol. The van der Waals surface area contributed by atoms with Crippen molar-refractivity contribution < 1.29 is 10.2 Å². The van der Waals surface area contributed by atoms with E-state index in [1.807, 2.05) is 49.9 Å². The number of phenolic OH excluding ortho intramolecular Hbond substituents is 2. The Morgan fingerprint density at radius 1 is 0.559 bits per heavy atom. The van der Waals surface area contributed by atoms with E-state index in [4.69, 9.17) is 0 Å². The first kappa shape index (κ1) is 38.9. The van der Waals surface area contributed by atoms with Gasteiger partial charge in [0.15, 0.2) is 0 Å². The number of thioether (sulfide) groups is 1. The molecule has 9 rings (SSSR count). The van der Waals surface area contributed by atoms with Crippen LogP contribution in [0.3, 0.4) is 0 Å². The van der Waals surface area contributed by atoms with Crippen molar-refractivity contribution in [3.05, 3.63) is 216 Å². The molecule has 0 spiro atoms. The number of anilines is 3. The van der Waals surface area contributed by atoms with Crippen molar-refractivity contribution in [3.8, 4) is 45.6 Å². The quantitative estimate of drug-likeness (QED) is 0.158. The Bertz CT molecular complexity index is 2830. The third kappa shape index (κ3) is 8.82. The van der Waals surface area contributed by atoms with Crippen LogP contribution in [0.25, 0.3) is 37.9 Å². The van der Waals surface area contributed by atoms with E-state index in [1.165, 1.54) is 32.4 Å². The average Bonchev–Trinajstić information content (AvgIpc) is 3.53. The zero-order valence-corrected chi connectivity index (χ0v) is 34.2. The highest BCUT2D eigenvalue weighted by Crippen LogP contribution is 2.43. The van der Waals surface area contributed by atoms with Gasteiger partial charge in [-0.05, 0) is 120 Å². The highest BCUT2D eigenvalue weighted by molar-refractivity contribution is 8.08. The summed E-state index contributed by atoms with van der Waals surface area (Å²) < 4.78 is 0. The van der Waals surface area contributed by atoms with E-state index in [9.17, 15) is 10.2 Å². The third-order valence-corrected chi connectivity index (χ3v) is 11.9. The minimum absolute atomic E-state index is 0.226. The van der Waals surface area contributed by atoms with Gasteiger partial charge in [0.2, 0.25) is 0 Å². The maximum atomic E-state index is 10.9. The molecule has 1 aliphatic heterocycles. The van der Waals surface area contributed by atoms with E-state index in [-0.39, 0.29) is 16.7 Å². The van der Waals surface area contributed by atoms with Gasteiger partial charge in [-0.1, -0.05) is 151 Å². The van der Waals surface area contributed by atoms with Crippen LogP contribution in [0.2, 0.25) is 0 Å². The zero-order chi connectivity index (χ0) is 40.7. The molecule has 1 aliphatic rings. The molecule has 0 saturated carbocycles. The molecule has 8 aromatic carbocycles. The van der Waals surface area contributed by atoms with E-state index >= 15 is 0 Å². The third-order valence-electron chi connectivity index (χ3n) is 10.6. The molecule has 4 heteroatoms. The molecule has 3 nitrogen and oxygen atoms in total. The number of allylic oxidation sites excluding steroid dienone is 1. The van der Waals surface area contributed by atoms with Crippen molar-refractivity contribution in [3.63, 3.8) is 0 Å². The van der Waals surface area contributed by atoms with Gasteiger partial charge in [0.25, 0.3) is 0 Å². The molecule has 0 aromatic heterocycles. The number of nitrogens with zero attached hydrogens (tertiary/aromatic N) is 1. The van der Waals surface area contributed by atoms with Crippen LogP contribution < -0.4 is 4.90 Å². The number of para-hydroxylation sites is 1. The van der Waals surface area contributed by atoms with Crippen LogP contribution in [0.1, 0.15) is 39.5 Å². The van der Waals surface area contributed by atoms with E-state index in [0.717, 1.165) is 56.9 Å². The summed E-state index contributed by atoms with van der Waals surface area (Å²) >= 11 is 1.85. The largest absolute Gasteiger partial charge is 0.508 e. The fourth-order valence-corrected chi connectivity index (χ4v) is 8.77. The number of hydrogen-bond donors (Lipinski definition) is 2. The molecule has 0 saturated heterocycles. The van der Waals surface area contributed by atoms with Gasteiger partial charge in [0, 0.05) is 33.7 Å². The summed E-state index contributed by atoms with van der Waals surface area (Å²) in [5.74, 6) is 7.15. The number of rotatable bonds is 7. The van der Waals surface area contributed by atoms with Crippen molar-refractivity contribution in [1.82, 2.24) is 0 Å². The molecular weight excluding hydrogens is 739 g/mol. The molecule has 1 atom stereocenters. The predicted molar refractivity (Wildman–Crippen MR) is 251 cm³/mol. The van der Waals surface area contributed by atoms with E-state index < -0.39 is 0 Å². The summed E-state index contributed by atoms with van der Waals surface area (Å²) in [7, 11) is 0. The van der Waals surface area contributed by atoms with Gasteiger partial charge in [-0.25, -0.2) is 0 Å². The molecule has 0 aliphatic carbocycles. The smallest absolute Gasteiger partial charge is 0.123 e. The maximum Gasteiger partial charge on any atom is 0.123 e. The molecule has 8 aromatic rings. The maximum absolute atomic E-state index is 10.9. The fraction of sp³-hybridized carbons (Fsp3) is 0.0909. The molecule has 0 bridgehead atoms. The highest BCUT2D eigenvalue weighted by Gasteiger charge is 2.18. The molecule has 2 N–H and O–H groups in total. The molecule has 0 radical (unpaired) electrons. The van der Waals surface area contributed by atoms with Crippen LogP contribution in [0.5, 0.6) is 11.5 Å². The summed E-state index contributed by atoms with van der Waals surface area (Å²) in [6.07, 6.45) is 3.07. The molecule has 0 fully saturated rings. The van der Waals surface area contributed by atoms with Crippen molar-refractivity contribution in [2.75, 3.05) is 4.90 Å². The fourth-order valence-electron chi connectivity index (χ4n) is 7.63. The zero-order valence-electron chi connectivity index (χ0n) is 33.4. The Kier molecular flexibility index (Phi) is 11.7. The molecular formula is C55H45NO2S. The van der Waals surface area contributed by atoms with Crippen LogP contribution in [-0.2, 0) is 0 Å². The Labute approximate surface area is 352 Å². The van der Waals surface area contributed by atoms with Crippen molar-refractivity contribution >= 4 is 44.5 Å². The second-order valence-electron chi connectivity index (χ2n) is 14.8. The molecule has 1 heterocycles. The normalized spacial score (nSPS) is 13.3. The van der Waals surface area contributed by atoms with Gasteiger partial charge in [-0.2, -0.15) is 0 Å². The Hall–Kier alpha value is -6.93. The lowest BCUT2D eigenvalue weighted by Crippen LogP contribution is -2.10. The first-order valence-corrected chi connectivity index (χ1v) is 20.7. The van der Waals surface area contributed by atoms with Gasteiger partial charge in [-0.3, -0.25) is 0 Å². The lowest BCUT2D eigenvalue weighted by Gasteiger charge is -2.27. The van der Waals surface area contributed by atoms with Crippen molar-refractivity contribution in [2.45, 2.75) is 32.4 Å². The van der Waals surface area contributed by atoms with Crippen LogP contribution in [0.4, 0.5) is 17.1 Å². The Balaban J connectivity index is 0.000000203. The summed E-state index contributed by atoms with van der Waals surface area (Å²) in [6.45, 7) is 6.11. The van der Waals surface area contributed by atoms with Gasteiger partial charge < -0.3 is 15.1 Å². The van der Waals surface area contributed by atoms with Gasteiger partial charge in [-0.15, -0.1) is 11.8 Å². The summed E-state index contributed by atoms with van der Waals surface area (Å²) in [4.78, 5) is 3.58. The molecule has 0 amide bonds. The topological polar surface area (TPSA) is 43.7 Å². The Morgan fingerprint density at radius 3 is 2.00 bits per heavy atom. The molecule has 59 heavy (non-hydrogen) atoms. The van der Waals surface area contributed by atoms with Gasteiger partial charge in [0.1, 0.15) is 11.5 Å². The number of hydrogen-bond acceptors (Lipinski definition) is 4. The summed E-state index contributed by atoms with van der Waals surface area (Å²) in [5, 5.41) is 23.4. The first-order chi connectivity index (χ1) is 28.8. The number of aromatic hydroxyl groups is 2. The number of phenols is 2. The van der Waals surface area contributed by atoms with Gasteiger partial charge in [0.05, 0.1) is 10.9 Å². The SMILES string of the molecule is Cc1cc(O)ccc1-c1cc(-c2ccc(N(c3ccccc3)c3cccc4ccccc34)cc2)c(O)cc1C.Cc1cccc(C2C#CCC=C(c3ccccc3)S2)c1. The first-order valence-electron chi connectivity index (χ1n) is 19.9. The van der Waals surface area contributed by atoms with Crippen molar-refractivity contribution in [2.24, 2.45) is 0 Å². The predicted octanol–water partition coefficient (Wildman–Crippen LogP) is 14.9. The van der Waals surface area contributed by atoms with Crippen molar-refractivity contribution in [1.29, 1.82) is 0 Å². The number of fused-ring (bicyclic) bond motifs is 1. The lowest BCUT2D eigenvalue weighted by atomic mass is 9.92. The second-order valence-corrected chi connectivity index (χ2v) is 15.9. The standard InChI is InChI=1S/C36H29NO2.C19H16S/c1-24-21-30(38)19-20-31(24)33-23-34(36(39)22-25(33)2)27-15-17-29(18-16-27)37(28-11-4-3-5-12-28)35-14-8-10-26-9-6-7-13-32(26)35;1-15-8-7-11-17(14-15)19-13-6-5-12-18(20-19)16-9-3-2-4-10-16/h3-23,38-39H,1-2H3;2-4,7-12,14,19H,5H2,1H3. The van der Waals surface area contributed by atoms with E-state index in [2.05, 4.69) is 175 Å². The van der Waals surface area contributed by atoms with E-state index in [0.29, 0.717) is 0 Å². The minimum Gasteiger partial charge on any atom is -0.508 e. The van der Waals surface area contributed by atoms with Crippen LogP contribution in [-0.4, -0.2) is 10.2 Å². The Morgan fingerprint density at radius 2 is 1.24 bits per heavy atom. The number of aryl methyl sites for hydroxylation is 3.